The molecular formula is C29H20F3N3O5S2. The third-order valence-electron chi connectivity index (χ3n) is 6.24. The largest absolute Gasteiger partial charge is 0.416 e. The number of anilines is 2. The van der Waals surface area contributed by atoms with Crippen molar-refractivity contribution in [1.29, 1.82) is 0 Å². The predicted molar refractivity (Wildman–Crippen MR) is 153 cm³/mol. The highest BCUT2D eigenvalue weighted by Gasteiger charge is 2.30. The molecule has 0 aliphatic carbocycles. The Hall–Kier alpha value is -4.59. The molecule has 0 unspecified atom stereocenters. The average molecular weight is 612 g/mol. The van der Waals surface area contributed by atoms with Crippen molar-refractivity contribution in [1.82, 2.24) is 4.98 Å². The molecule has 0 radical (unpaired) electrons. The zero-order chi connectivity index (χ0) is 30.2. The molecule has 0 fully saturated rings. The van der Waals surface area contributed by atoms with Crippen LogP contribution >= 0.6 is 11.3 Å². The highest BCUT2D eigenvalue weighted by molar-refractivity contribution is 7.86. The summed E-state index contributed by atoms with van der Waals surface area (Å²) in [6, 6.07) is 19.8. The molecule has 8 nitrogen and oxygen atoms in total. The summed E-state index contributed by atoms with van der Waals surface area (Å²) in [4.78, 5) is 29.4. The number of hydrogen-bond acceptors (Lipinski definition) is 6. The number of rotatable bonds is 6. The lowest BCUT2D eigenvalue weighted by molar-refractivity contribution is -0.137. The minimum Gasteiger partial charge on any atom is -0.322 e. The minimum absolute atomic E-state index is 0.0492. The number of hydrogen-bond donors (Lipinski definition) is 3. The molecule has 0 atom stereocenters. The average Bonchev–Trinajstić information content (AvgIpc) is 3.36. The molecule has 0 aliphatic rings. The van der Waals surface area contributed by atoms with Crippen molar-refractivity contribution in [3.05, 3.63) is 107 Å². The number of alkyl halides is 3. The molecular weight excluding hydrogens is 591 g/mol. The highest BCUT2D eigenvalue weighted by Crippen LogP contribution is 2.36. The summed E-state index contributed by atoms with van der Waals surface area (Å²) in [7, 11) is -4.43. The quantitative estimate of drug-likeness (QED) is 0.177. The third-order valence-corrected chi connectivity index (χ3v) is 8.54. The van der Waals surface area contributed by atoms with Crippen molar-refractivity contribution in [2.75, 3.05) is 10.6 Å². The molecule has 3 N–H and O–H groups in total. The molecule has 5 rings (SSSR count). The van der Waals surface area contributed by atoms with Crippen molar-refractivity contribution in [3.8, 4) is 10.6 Å². The second-order valence-corrected chi connectivity index (χ2v) is 11.5. The van der Waals surface area contributed by atoms with Crippen LogP contribution in [-0.4, -0.2) is 29.8 Å². The van der Waals surface area contributed by atoms with Gasteiger partial charge < -0.3 is 10.6 Å². The number of nitrogens with one attached hydrogen (secondary N) is 2. The van der Waals surface area contributed by atoms with E-state index in [0.717, 1.165) is 35.6 Å². The Morgan fingerprint density at radius 1 is 0.786 bits per heavy atom. The Labute approximate surface area is 241 Å². The normalized spacial score (nSPS) is 11.8. The van der Waals surface area contributed by atoms with Crippen LogP contribution in [0.4, 0.5) is 24.5 Å². The molecule has 1 heterocycles. The Balaban J connectivity index is 1.24. The topological polar surface area (TPSA) is 125 Å². The first-order valence-electron chi connectivity index (χ1n) is 12.2. The number of halogens is 3. The maximum Gasteiger partial charge on any atom is 0.416 e. The maximum absolute atomic E-state index is 12.7. The fourth-order valence-electron chi connectivity index (χ4n) is 4.13. The van der Waals surface area contributed by atoms with E-state index in [4.69, 9.17) is 0 Å². The summed E-state index contributed by atoms with van der Waals surface area (Å²) in [6.07, 6.45) is -4.50. The summed E-state index contributed by atoms with van der Waals surface area (Å²) in [5, 5.41) is 5.86. The van der Waals surface area contributed by atoms with Crippen LogP contribution in [0, 0.1) is 6.92 Å². The van der Waals surface area contributed by atoms with Gasteiger partial charge in [0, 0.05) is 28.1 Å². The van der Waals surface area contributed by atoms with Crippen LogP contribution in [0.1, 0.15) is 31.8 Å². The van der Waals surface area contributed by atoms with E-state index in [-0.39, 0.29) is 10.5 Å². The number of nitrogens with zero attached hydrogens (tertiary/aromatic N) is 1. The summed E-state index contributed by atoms with van der Waals surface area (Å²) in [5.41, 5.74) is 1.85. The molecule has 0 spiro atoms. The summed E-state index contributed by atoms with van der Waals surface area (Å²) >= 11 is 1.13. The zero-order valence-corrected chi connectivity index (χ0v) is 23.2. The number of fused-ring (bicyclic) bond motifs is 1. The maximum atomic E-state index is 12.7. The van der Waals surface area contributed by atoms with Crippen LogP contribution in [0.15, 0.2) is 89.8 Å². The van der Waals surface area contributed by atoms with Gasteiger partial charge in [-0.25, -0.2) is 4.98 Å². The first-order valence-corrected chi connectivity index (χ1v) is 14.4. The van der Waals surface area contributed by atoms with Gasteiger partial charge in [0.25, 0.3) is 21.9 Å². The molecule has 0 saturated carbocycles. The SMILES string of the molecule is Cc1ccc2nc(-c3ccc(NC(=O)c4ccc(NC(=O)c5ccc(C(F)(F)F)cc5)cc4)cc3)sc2c1S(=O)(=O)O. The molecule has 42 heavy (non-hydrogen) atoms. The van der Waals surface area contributed by atoms with Crippen LogP contribution in [0.5, 0.6) is 0 Å². The van der Waals surface area contributed by atoms with E-state index in [1.807, 2.05) is 0 Å². The molecule has 1 aromatic heterocycles. The number of benzene rings is 4. The Morgan fingerprint density at radius 2 is 1.29 bits per heavy atom. The molecule has 2 amide bonds. The number of carbonyl (C=O) groups is 2. The second kappa shape index (κ2) is 11.0. The Kier molecular flexibility index (Phi) is 7.58. The van der Waals surface area contributed by atoms with Crippen molar-refractivity contribution in [2.45, 2.75) is 18.0 Å². The Bertz CT molecular complexity index is 1920. The highest BCUT2D eigenvalue weighted by atomic mass is 32.2. The molecule has 0 saturated heterocycles. The first-order chi connectivity index (χ1) is 19.8. The summed E-state index contributed by atoms with van der Waals surface area (Å²) in [6.45, 7) is 1.59. The van der Waals surface area contributed by atoms with E-state index in [2.05, 4.69) is 15.6 Å². The monoisotopic (exact) mass is 611 g/mol. The van der Waals surface area contributed by atoms with Gasteiger partial charge in [0.05, 0.1) is 15.8 Å². The smallest absolute Gasteiger partial charge is 0.322 e. The van der Waals surface area contributed by atoms with E-state index in [0.29, 0.717) is 43.3 Å². The lowest BCUT2D eigenvalue weighted by atomic mass is 10.1. The van der Waals surface area contributed by atoms with Gasteiger partial charge in [-0.1, -0.05) is 6.07 Å². The van der Waals surface area contributed by atoms with Crippen LogP contribution in [-0.2, 0) is 16.3 Å². The van der Waals surface area contributed by atoms with Crippen LogP contribution in [0.3, 0.4) is 0 Å². The van der Waals surface area contributed by atoms with Gasteiger partial charge in [0.15, 0.2) is 0 Å². The first kappa shape index (κ1) is 28.9. The number of aryl methyl sites for hydroxylation is 1. The van der Waals surface area contributed by atoms with Crippen LogP contribution in [0.2, 0.25) is 0 Å². The second-order valence-electron chi connectivity index (χ2n) is 9.19. The zero-order valence-electron chi connectivity index (χ0n) is 21.6. The van der Waals surface area contributed by atoms with Crippen molar-refractivity contribution >= 4 is 54.9 Å². The number of amides is 2. The molecule has 4 aromatic carbocycles. The standard InChI is InChI=1S/C29H20F3N3O5S2/c1-16-2-15-23-24(25(16)42(38,39)40)41-28(35-23)19-7-13-22(14-8-19)34-27(37)18-5-11-21(12-6-18)33-26(36)17-3-9-20(10-4-17)29(30,31)32/h2-15H,1H3,(H,33,36)(H,34,37)(H,38,39,40). The molecule has 13 heteroatoms. The van der Waals surface area contributed by atoms with Gasteiger partial charge >= 0.3 is 6.18 Å². The number of carbonyl (C=O) groups excluding carboxylic acids is 2. The van der Waals surface area contributed by atoms with Gasteiger partial charge in [-0.15, -0.1) is 11.3 Å². The van der Waals surface area contributed by atoms with Crippen LogP contribution < -0.4 is 10.6 Å². The molecule has 0 bridgehead atoms. The minimum atomic E-state index is -4.50. The third kappa shape index (κ3) is 6.17. The molecule has 5 aromatic rings. The van der Waals surface area contributed by atoms with Gasteiger partial charge in [-0.2, -0.15) is 21.6 Å². The molecule has 0 aliphatic heterocycles. The van der Waals surface area contributed by atoms with Crippen molar-refractivity contribution in [3.63, 3.8) is 0 Å². The summed E-state index contributed by atoms with van der Waals surface area (Å²) < 4.78 is 72.0. The van der Waals surface area contributed by atoms with E-state index in [9.17, 15) is 35.7 Å². The number of aromatic nitrogens is 1. The van der Waals surface area contributed by atoms with Gasteiger partial charge in [-0.05, 0) is 91.3 Å². The summed E-state index contributed by atoms with van der Waals surface area (Å²) in [5.74, 6) is -1.02. The van der Waals surface area contributed by atoms with E-state index in [1.165, 1.54) is 24.3 Å². The fourth-order valence-corrected chi connectivity index (χ4v) is 6.45. The van der Waals surface area contributed by atoms with E-state index in [1.54, 1.807) is 43.3 Å². The van der Waals surface area contributed by atoms with Crippen molar-refractivity contribution in [2.24, 2.45) is 0 Å². The van der Waals surface area contributed by atoms with Gasteiger partial charge in [-0.3, -0.25) is 14.1 Å². The van der Waals surface area contributed by atoms with Crippen LogP contribution in [0.25, 0.3) is 20.8 Å². The fraction of sp³-hybridized carbons (Fsp3) is 0.0690. The number of thiazole rings is 1. The lowest BCUT2D eigenvalue weighted by Gasteiger charge is -2.09. The van der Waals surface area contributed by atoms with Gasteiger partial charge in [0.2, 0.25) is 0 Å². The lowest BCUT2D eigenvalue weighted by Crippen LogP contribution is -2.14. The Morgan fingerprint density at radius 3 is 1.79 bits per heavy atom. The molecule has 214 valence electrons. The van der Waals surface area contributed by atoms with E-state index >= 15 is 0 Å². The van der Waals surface area contributed by atoms with Crippen molar-refractivity contribution < 1.29 is 35.7 Å². The van der Waals surface area contributed by atoms with E-state index < -0.39 is 33.7 Å². The van der Waals surface area contributed by atoms with Gasteiger partial charge in [0.1, 0.15) is 9.90 Å². The predicted octanol–water partition coefficient (Wildman–Crippen LogP) is 7.04.